The topological polar surface area (TPSA) is 72.5 Å². The third-order valence-electron chi connectivity index (χ3n) is 2.83. The number of rotatable bonds is 5. The summed E-state index contributed by atoms with van der Waals surface area (Å²) in [6, 6.07) is 17.8. The van der Waals surface area contributed by atoms with Gasteiger partial charge in [-0.1, -0.05) is 60.7 Å². The van der Waals surface area contributed by atoms with Crippen molar-refractivity contribution in [3.05, 3.63) is 71.8 Å². The molecule has 0 saturated heterocycles. The number of aliphatic carboxylic acids is 1. The summed E-state index contributed by atoms with van der Waals surface area (Å²) in [5, 5.41) is 9.31. The van der Waals surface area contributed by atoms with Gasteiger partial charge in [-0.15, -0.1) is 0 Å². The third-order valence-corrected chi connectivity index (χ3v) is 2.83. The summed E-state index contributed by atoms with van der Waals surface area (Å²) >= 11 is 0. The molecule has 1 atom stereocenters. The molecular weight excluding hydrogens is 242 g/mol. The summed E-state index contributed by atoms with van der Waals surface area (Å²) in [4.78, 5) is 11.4. The first kappa shape index (κ1) is 13.3. The molecule has 4 nitrogen and oxygen atoms in total. The second kappa shape index (κ2) is 5.65. The van der Waals surface area contributed by atoms with Crippen molar-refractivity contribution < 1.29 is 14.6 Å². The first-order chi connectivity index (χ1) is 9.13. The Kier molecular flexibility index (Phi) is 3.94. The van der Waals surface area contributed by atoms with Gasteiger partial charge in [0, 0.05) is 5.56 Å². The molecule has 98 valence electrons. The summed E-state index contributed by atoms with van der Waals surface area (Å²) in [6.45, 7) is 0.137. The zero-order chi connectivity index (χ0) is 13.7. The predicted molar refractivity (Wildman–Crippen MR) is 71.2 cm³/mol. The highest BCUT2D eigenvalue weighted by atomic mass is 16.5. The molecule has 0 saturated carbocycles. The van der Waals surface area contributed by atoms with Crippen LogP contribution in [0.1, 0.15) is 11.1 Å². The zero-order valence-electron chi connectivity index (χ0n) is 10.3. The van der Waals surface area contributed by atoms with Gasteiger partial charge < -0.3 is 9.84 Å². The number of carboxylic acid groups (broad SMARTS) is 1. The van der Waals surface area contributed by atoms with E-state index in [4.69, 9.17) is 10.5 Å². The molecule has 0 radical (unpaired) electrons. The Morgan fingerprint density at radius 1 is 1.05 bits per heavy atom. The largest absolute Gasteiger partial charge is 0.478 e. The van der Waals surface area contributed by atoms with Gasteiger partial charge in [-0.05, 0) is 5.56 Å². The first-order valence-electron chi connectivity index (χ1n) is 5.88. The van der Waals surface area contributed by atoms with Crippen molar-refractivity contribution in [2.45, 2.75) is 12.3 Å². The monoisotopic (exact) mass is 257 g/mol. The van der Waals surface area contributed by atoms with Crippen LogP contribution in [-0.4, -0.2) is 11.1 Å². The number of benzene rings is 2. The van der Waals surface area contributed by atoms with Crippen LogP contribution in [0.2, 0.25) is 0 Å². The molecule has 2 rings (SSSR count). The quantitative estimate of drug-likeness (QED) is 0.804. The van der Waals surface area contributed by atoms with Crippen LogP contribution in [0.5, 0.6) is 0 Å². The van der Waals surface area contributed by atoms with E-state index < -0.39 is 11.7 Å². The van der Waals surface area contributed by atoms with Gasteiger partial charge in [-0.25, -0.2) is 4.79 Å². The van der Waals surface area contributed by atoms with Crippen LogP contribution >= 0.6 is 0 Å². The lowest BCUT2D eigenvalue weighted by Gasteiger charge is -2.25. The number of carbonyl (C=O) groups is 1. The number of ether oxygens (including phenoxy) is 1. The Morgan fingerprint density at radius 3 is 2.11 bits per heavy atom. The van der Waals surface area contributed by atoms with E-state index in [1.165, 1.54) is 0 Å². The highest BCUT2D eigenvalue weighted by molar-refractivity contribution is 5.78. The predicted octanol–water partition coefficient (Wildman–Crippen LogP) is 2.10. The average Bonchev–Trinajstić information content (AvgIpc) is 2.46. The highest BCUT2D eigenvalue weighted by Gasteiger charge is 2.37. The van der Waals surface area contributed by atoms with E-state index in [1.54, 1.807) is 30.3 Å². The summed E-state index contributed by atoms with van der Waals surface area (Å²) < 4.78 is 5.44. The SMILES string of the molecule is NC(OCc1ccccc1)(C(=O)O)c1ccccc1. The molecular formula is C15H15NO3. The smallest absolute Gasteiger partial charge is 0.356 e. The molecule has 0 aromatic heterocycles. The molecule has 0 fully saturated rings. The molecule has 0 bridgehead atoms. The lowest BCUT2D eigenvalue weighted by molar-refractivity contribution is -0.169. The minimum absolute atomic E-state index is 0.137. The minimum atomic E-state index is -1.84. The Labute approximate surface area is 111 Å². The van der Waals surface area contributed by atoms with Crippen LogP contribution in [0.15, 0.2) is 60.7 Å². The van der Waals surface area contributed by atoms with Crippen molar-refractivity contribution in [3.63, 3.8) is 0 Å². The van der Waals surface area contributed by atoms with Crippen molar-refractivity contribution in [2.75, 3.05) is 0 Å². The van der Waals surface area contributed by atoms with Crippen molar-refractivity contribution in [1.82, 2.24) is 0 Å². The van der Waals surface area contributed by atoms with Gasteiger partial charge in [-0.2, -0.15) is 0 Å². The van der Waals surface area contributed by atoms with Gasteiger partial charge in [0.1, 0.15) is 0 Å². The standard InChI is InChI=1S/C15H15NO3/c16-15(14(17)18,13-9-5-2-6-10-13)19-11-12-7-3-1-4-8-12/h1-10H,11,16H2,(H,17,18). The van der Waals surface area contributed by atoms with E-state index in [0.717, 1.165) is 5.56 Å². The van der Waals surface area contributed by atoms with Crippen LogP contribution in [0.3, 0.4) is 0 Å². The zero-order valence-corrected chi connectivity index (χ0v) is 10.3. The molecule has 19 heavy (non-hydrogen) atoms. The fourth-order valence-electron chi connectivity index (χ4n) is 1.73. The normalized spacial score (nSPS) is 13.7. The summed E-state index contributed by atoms with van der Waals surface area (Å²) in [7, 11) is 0. The van der Waals surface area contributed by atoms with Crippen molar-refractivity contribution in [2.24, 2.45) is 5.73 Å². The van der Waals surface area contributed by atoms with E-state index in [1.807, 2.05) is 30.3 Å². The lowest BCUT2D eigenvalue weighted by Crippen LogP contribution is -2.47. The minimum Gasteiger partial charge on any atom is -0.478 e. The molecule has 3 N–H and O–H groups in total. The number of nitrogens with two attached hydrogens (primary N) is 1. The van der Waals surface area contributed by atoms with Gasteiger partial charge in [0.25, 0.3) is 0 Å². The number of hydrogen-bond donors (Lipinski definition) is 2. The van der Waals surface area contributed by atoms with Gasteiger partial charge >= 0.3 is 5.97 Å². The number of hydrogen-bond acceptors (Lipinski definition) is 3. The van der Waals surface area contributed by atoms with Crippen LogP contribution in [0, 0.1) is 0 Å². The molecule has 4 heteroatoms. The summed E-state index contributed by atoms with van der Waals surface area (Å²) in [6.07, 6.45) is 0. The maximum absolute atomic E-state index is 11.4. The Bertz CT molecular complexity index is 542. The lowest BCUT2D eigenvalue weighted by atomic mass is 10.0. The van der Waals surface area contributed by atoms with Gasteiger partial charge in [0.05, 0.1) is 6.61 Å². The van der Waals surface area contributed by atoms with Gasteiger partial charge in [0.2, 0.25) is 5.72 Å². The van der Waals surface area contributed by atoms with Crippen molar-refractivity contribution in [3.8, 4) is 0 Å². The van der Waals surface area contributed by atoms with Gasteiger partial charge in [0.15, 0.2) is 0 Å². The van der Waals surface area contributed by atoms with E-state index in [0.29, 0.717) is 5.56 Å². The van der Waals surface area contributed by atoms with Crippen LogP contribution in [0.25, 0.3) is 0 Å². The fraction of sp³-hybridized carbons (Fsp3) is 0.133. The maximum atomic E-state index is 11.4. The number of carboxylic acids is 1. The molecule has 0 amide bonds. The molecule has 0 aliphatic rings. The van der Waals surface area contributed by atoms with Crippen molar-refractivity contribution in [1.29, 1.82) is 0 Å². The Hall–Kier alpha value is -2.17. The van der Waals surface area contributed by atoms with Gasteiger partial charge in [-0.3, -0.25) is 5.73 Å². The summed E-state index contributed by atoms with van der Waals surface area (Å²) in [5.74, 6) is -1.21. The Balaban J connectivity index is 2.19. The molecule has 0 aliphatic carbocycles. The van der Waals surface area contributed by atoms with Crippen molar-refractivity contribution >= 4 is 5.97 Å². The van der Waals surface area contributed by atoms with E-state index in [-0.39, 0.29) is 6.61 Å². The fourth-order valence-corrected chi connectivity index (χ4v) is 1.73. The van der Waals surface area contributed by atoms with Crippen LogP contribution in [0.4, 0.5) is 0 Å². The molecule has 0 heterocycles. The van der Waals surface area contributed by atoms with Crippen LogP contribution in [-0.2, 0) is 21.9 Å². The molecule has 1 unspecified atom stereocenters. The van der Waals surface area contributed by atoms with E-state index in [9.17, 15) is 9.90 Å². The second-order valence-corrected chi connectivity index (χ2v) is 4.18. The molecule has 0 spiro atoms. The van der Waals surface area contributed by atoms with E-state index >= 15 is 0 Å². The highest BCUT2D eigenvalue weighted by Crippen LogP contribution is 2.21. The molecule has 0 aliphatic heterocycles. The van der Waals surface area contributed by atoms with Crippen LogP contribution < -0.4 is 5.73 Å². The second-order valence-electron chi connectivity index (χ2n) is 4.18. The first-order valence-corrected chi connectivity index (χ1v) is 5.88. The molecule has 2 aromatic rings. The maximum Gasteiger partial charge on any atom is 0.356 e. The average molecular weight is 257 g/mol. The van der Waals surface area contributed by atoms with E-state index in [2.05, 4.69) is 0 Å². The Morgan fingerprint density at radius 2 is 1.58 bits per heavy atom. The molecule has 2 aromatic carbocycles. The third kappa shape index (κ3) is 2.99. The summed E-state index contributed by atoms with van der Waals surface area (Å²) in [5.41, 5.74) is 5.34.